The SMILES string of the molecule is CCOc1cccc(CN(C(=O)CCl)C(C)C)c1. The summed E-state index contributed by atoms with van der Waals surface area (Å²) in [4.78, 5) is 13.5. The van der Waals surface area contributed by atoms with Gasteiger partial charge in [-0.25, -0.2) is 0 Å². The second-order valence-corrected chi connectivity index (χ2v) is 4.60. The molecule has 0 radical (unpaired) electrons. The number of alkyl halides is 1. The maximum Gasteiger partial charge on any atom is 0.238 e. The van der Waals surface area contributed by atoms with Crippen LogP contribution >= 0.6 is 11.6 Å². The van der Waals surface area contributed by atoms with E-state index in [1.54, 1.807) is 4.90 Å². The number of hydrogen-bond donors (Lipinski definition) is 0. The Morgan fingerprint density at radius 3 is 2.72 bits per heavy atom. The van der Waals surface area contributed by atoms with Gasteiger partial charge in [-0.1, -0.05) is 12.1 Å². The van der Waals surface area contributed by atoms with Gasteiger partial charge in [0.25, 0.3) is 0 Å². The van der Waals surface area contributed by atoms with Gasteiger partial charge in [-0.05, 0) is 38.5 Å². The molecule has 0 saturated heterocycles. The number of nitrogens with zero attached hydrogens (tertiary/aromatic N) is 1. The van der Waals surface area contributed by atoms with Gasteiger partial charge in [0.15, 0.2) is 0 Å². The van der Waals surface area contributed by atoms with Gasteiger partial charge < -0.3 is 9.64 Å². The molecular weight excluding hydrogens is 250 g/mol. The average Bonchev–Trinajstić information content (AvgIpc) is 2.35. The Morgan fingerprint density at radius 1 is 1.44 bits per heavy atom. The summed E-state index contributed by atoms with van der Waals surface area (Å²) in [6, 6.07) is 7.92. The monoisotopic (exact) mass is 269 g/mol. The minimum atomic E-state index is -0.0477. The van der Waals surface area contributed by atoms with Gasteiger partial charge in [0.1, 0.15) is 11.6 Å². The van der Waals surface area contributed by atoms with E-state index in [9.17, 15) is 4.79 Å². The highest BCUT2D eigenvalue weighted by Gasteiger charge is 2.16. The molecule has 0 aromatic heterocycles. The molecule has 0 bridgehead atoms. The Kier molecular flexibility index (Phi) is 5.99. The smallest absolute Gasteiger partial charge is 0.238 e. The van der Waals surface area contributed by atoms with Crippen molar-refractivity contribution < 1.29 is 9.53 Å². The van der Waals surface area contributed by atoms with Crippen LogP contribution < -0.4 is 4.74 Å². The number of carbonyl (C=O) groups excluding carboxylic acids is 1. The van der Waals surface area contributed by atoms with E-state index in [1.165, 1.54) is 0 Å². The molecule has 100 valence electrons. The predicted molar refractivity (Wildman–Crippen MR) is 74.0 cm³/mol. The zero-order valence-corrected chi connectivity index (χ0v) is 11.9. The fourth-order valence-electron chi connectivity index (χ4n) is 1.73. The molecule has 0 aliphatic rings. The quantitative estimate of drug-likeness (QED) is 0.743. The van der Waals surface area contributed by atoms with Crippen molar-refractivity contribution in [3.63, 3.8) is 0 Å². The first-order valence-electron chi connectivity index (χ1n) is 6.15. The Balaban J connectivity index is 2.80. The van der Waals surface area contributed by atoms with Gasteiger partial charge in [-0.15, -0.1) is 11.6 Å². The van der Waals surface area contributed by atoms with Crippen molar-refractivity contribution in [3.05, 3.63) is 29.8 Å². The topological polar surface area (TPSA) is 29.5 Å². The lowest BCUT2D eigenvalue weighted by Gasteiger charge is -2.26. The van der Waals surface area contributed by atoms with Crippen molar-refractivity contribution in [1.82, 2.24) is 4.90 Å². The van der Waals surface area contributed by atoms with Crippen LogP contribution in [-0.2, 0) is 11.3 Å². The Labute approximate surface area is 114 Å². The summed E-state index contributed by atoms with van der Waals surface area (Å²) in [6.07, 6.45) is 0. The van der Waals surface area contributed by atoms with Crippen LogP contribution in [0.2, 0.25) is 0 Å². The summed E-state index contributed by atoms with van der Waals surface area (Å²) in [6.45, 7) is 7.11. The van der Waals surface area contributed by atoms with Crippen molar-refractivity contribution >= 4 is 17.5 Å². The van der Waals surface area contributed by atoms with E-state index >= 15 is 0 Å². The molecule has 1 aromatic rings. The van der Waals surface area contributed by atoms with Crippen LogP contribution in [0.3, 0.4) is 0 Å². The Hall–Kier alpha value is -1.22. The Morgan fingerprint density at radius 2 is 2.17 bits per heavy atom. The molecule has 0 atom stereocenters. The number of hydrogen-bond acceptors (Lipinski definition) is 2. The van der Waals surface area contributed by atoms with Crippen LogP contribution in [0.15, 0.2) is 24.3 Å². The molecule has 4 heteroatoms. The molecular formula is C14H20ClNO2. The molecule has 0 fully saturated rings. The van der Waals surface area contributed by atoms with Gasteiger partial charge in [0.05, 0.1) is 6.61 Å². The number of rotatable bonds is 6. The van der Waals surface area contributed by atoms with E-state index in [2.05, 4.69) is 0 Å². The molecule has 0 unspecified atom stereocenters. The second-order valence-electron chi connectivity index (χ2n) is 4.33. The molecule has 1 aromatic carbocycles. The van der Waals surface area contributed by atoms with Crippen LogP contribution in [0.25, 0.3) is 0 Å². The third-order valence-corrected chi connectivity index (χ3v) is 2.85. The lowest BCUT2D eigenvalue weighted by atomic mass is 10.2. The molecule has 18 heavy (non-hydrogen) atoms. The third-order valence-electron chi connectivity index (χ3n) is 2.62. The van der Waals surface area contributed by atoms with E-state index in [1.807, 2.05) is 45.0 Å². The summed E-state index contributed by atoms with van der Waals surface area (Å²) in [5.41, 5.74) is 1.05. The molecule has 0 heterocycles. The second kappa shape index (κ2) is 7.27. The number of carbonyl (C=O) groups is 1. The van der Waals surface area contributed by atoms with Crippen LogP contribution in [-0.4, -0.2) is 29.3 Å². The first-order chi connectivity index (χ1) is 8.58. The van der Waals surface area contributed by atoms with Gasteiger partial charge in [-0.2, -0.15) is 0 Å². The van der Waals surface area contributed by atoms with Crippen molar-refractivity contribution in [2.24, 2.45) is 0 Å². The summed E-state index contributed by atoms with van der Waals surface area (Å²) in [5.74, 6) is 0.800. The fraction of sp³-hybridized carbons (Fsp3) is 0.500. The first-order valence-corrected chi connectivity index (χ1v) is 6.69. The summed E-state index contributed by atoms with van der Waals surface area (Å²) >= 11 is 5.62. The normalized spacial score (nSPS) is 10.5. The maximum absolute atomic E-state index is 11.7. The maximum atomic E-state index is 11.7. The third kappa shape index (κ3) is 4.22. The highest BCUT2D eigenvalue weighted by molar-refractivity contribution is 6.27. The van der Waals surface area contributed by atoms with Crippen LogP contribution in [0.4, 0.5) is 0 Å². The number of ether oxygens (including phenoxy) is 1. The lowest BCUT2D eigenvalue weighted by Crippen LogP contribution is -2.37. The van der Waals surface area contributed by atoms with Crippen LogP contribution in [0.1, 0.15) is 26.3 Å². The van der Waals surface area contributed by atoms with Gasteiger partial charge in [0.2, 0.25) is 5.91 Å². The van der Waals surface area contributed by atoms with Crippen molar-refractivity contribution in [3.8, 4) is 5.75 Å². The Bertz CT molecular complexity index is 393. The molecule has 0 saturated carbocycles. The van der Waals surface area contributed by atoms with Crippen molar-refractivity contribution in [2.45, 2.75) is 33.4 Å². The molecule has 0 aliphatic carbocycles. The largest absolute Gasteiger partial charge is 0.494 e. The molecule has 3 nitrogen and oxygen atoms in total. The number of halogens is 1. The van der Waals surface area contributed by atoms with Gasteiger partial charge in [0, 0.05) is 12.6 Å². The van der Waals surface area contributed by atoms with E-state index in [0.717, 1.165) is 11.3 Å². The molecule has 0 spiro atoms. The number of benzene rings is 1. The summed E-state index contributed by atoms with van der Waals surface area (Å²) < 4.78 is 5.45. The molecule has 1 rings (SSSR count). The molecule has 0 aliphatic heterocycles. The minimum Gasteiger partial charge on any atom is -0.494 e. The molecule has 1 amide bonds. The zero-order valence-electron chi connectivity index (χ0n) is 11.1. The van der Waals surface area contributed by atoms with E-state index < -0.39 is 0 Å². The van der Waals surface area contributed by atoms with Crippen LogP contribution in [0, 0.1) is 0 Å². The first kappa shape index (κ1) is 14.8. The number of amides is 1. The van der Waals surface area contributed by atoms with E-state index in [-0.39, 0.29) is 17.8 Å². The lowest BCUT2D eigenvalue weighted by molar-refractivity contribution is -0.130. The highest BCUT2D eigenvalue weighted by Crippen LogP contribution is 2.16. The fourth-order valence-corrected chi connectivity index (χ4v) is 1.89. The summed E-state index contributed by atoms with van der Waals surface area (Å²) in [7, 11) is 0. The van der Waals surface area contributed by atoms with Gasteiger partial charge >= 0.3 is 0 Å². The van der Waals surface area contributed by atoms with Crippen molar-refractivity contribution in [2.75, 3.05) is 12.5 Å². The summed E-state index contributed by atoms with van der Waals surface area (Å²) in [5, 5.41) is 0. The highest BCUT2D eigenvalue weighted by atomic mass is 35.5. The zero-order chi connectivity index (χ0) is 13.5. The van der Waals surface area contributed by atoms with Gasteiger partial charge in [-0.3, -0.25) is 4.79 Å². The standard InChI is InChI=1S/C14H20ClNO2/c1-4-18-13-7-5-6-12(8-13)10-16(11(2)3)14(17)9-15/h5-8,11H,4,9-10H2,1-3H3. The van der Waals surface area contributed by atoms with Crippen LogP contribution in [0.5, 0.6) is 5.75 Å². The minimum absolute atomic E-state index is 0.0172. The van der Waals surface area contributed by atoms with E-state index in [0.29, 0.717) is 13.2 Å². The average molecular weight is 270 g/mol. The predicted octanol–water partition coefficient (Wildman–Crippen LogP) is 3.06. The van der Waals surface area contributed by atoms with Crippen molar-refractivity contribution in [1.29, 1.82) is 0 Å². The van der Waals surface area contributed by atoms with E-state index in [4.69, 9.17) is 16.3 Å². The molecule has 0 N–H and O–H groups in total.